The van der Waals surface area contributed by atoms with Crippen molar-refractivity contribution in [1.29, 1.82) is 0 Å². The fourth-order valence-electron chi connectivity index (χ4n) is 0.790. The van der Waals surface area contributed by atoms with Gasteiger partial charge in [0.25, 0.3) is 0 Å². The molecule has 6 heteroatoms. The molecule has 1 aromatic rings. The molecule has 1 heterocycles. The van der Waals surface area contributed by atoms with Crippen molar-refractivity contribution in [1.82, 2.24) is 10.1 Å². The number of thiophene rings is 1. The molecule has 5 nitrogen and oxygen atoms in total. The van der Waals surface area contributed by atoms with Gasteiger partial charge in [-0.05, 0) is 22.4 Å². The summed E-state index contributed by atoms with van der Waals surface area (Å²) < 4.78 is 0. The molecule has 0 atom stereocenters. The third kappa shape index (κ3) is 2.69. The van der Waals surface area contributed by atoms with Gasteiger partial charge in [-0.3, -0.25) is 10.4 Å². The van der Waals surface area contributed by atoms with Crippen LogP contribution in [0.5, 0.6) is 0 Å². The molecule has 0 bridgehead atoms. The maximum absolute atomic E-state index is 10.9. The number of carbonyl (C=O) groups excluding carboxylic acids is 1. The van der Waals surface area contributed by atoms with Crippen LogP contribution in [0, 0.1) is 0 Å². The molecule has 0 spiro atoms. The van der Waals surface area contributed by atoms with Crippen molar-refractivity contribution in [3.05, 3.63) is 22.4 Å². The van der Waals surface area contributed by atoms with Crippen LogP contribution in [0.3, 0.4) is 0 Å². The van der Waals surface area contributed by atoms with Gasteiger partial charge in [0, 0.05) is 7.05 Å². The fraction of sp³-hybridized carbons (Fsp3) is 0.286. The van der Waals surface area contributed by atoms with E-state index in [1.807, 2.05) is 10.8 Å². The summed E-state index contributed by atoms with van der Waals surface area (Å²) in [6, 6.07) is 0.935. The summed E-state index contributed by atoms with van der Waals surface area (Å²) in [4.78, 5) is 10.9. The molecule has 2 amide bonds. The SMILES string of the molecule is CN(O)C(=O)N(O)Cc1ccsc1. The highest BCUT2D eigenvalue weighted by Gasteiger charge is 2.14. The lowest BCUT2D eigenvalue weighted by Crippen LogP contribution is -2.36. The molecule has 0 aliphatic rings. The quantitative estimate of drug-likeness (QED) is 0.562. The van der Waals surface area contributed by atoms with E-state index in [0.717, 1.165) is 12.6 Å². The summed E-state index contributed by atoms with van der Waals surface area (Å²) in [6.07, 6.45) is 0. The van der Waals surface area contributed by atoms with Crippen LogP contribution in [0.1, 0.15) is 5.56 Å². The number of nitrogens with zero attached hydrogens (tertiary/aromatic N) is 2. The minimum absolute atomic E-state index is 0.0766. The molecular formula is C7H10N2O3S. The van der Waals surface area contributed by atoms with Crippen molar-refractivity contribution in [2.45, 2.75) is 6.54 Å². The molecule has 0 saturated heterocycles. The minimum Gasteiger partial charge on any atom is -0.285 e. The van der Waals surface area contributed by atoms with E-state index in [1.165, 1.54) is 11.3 Å². The molecule has 0 aromatic carbocycles. The second-order valence-electron chi connectivity index (χ2n) is 2.50. The summed E-state index contributed by atoms with van der Waals surface area (Å²) >= 11 is 1.48. The maximum atomic E-state index is 10.9. The van der Waals surface area contributed by atoms with E-state index in [4.69, 9.17) is 10.4 Å². The van der Waals surface area contributed by atoms with Crippen LogP contribution in [0.2, 0.25) is 0 Å². The topological polar surface area (TPSA) is 64.0 Å². The Morgan fingerprint density at radius 3 is 2.77 bits per heavy atom. The molecule has 2 N–H and O–H groups in total. The van der Waals surface area contributed by atoms with Crippen molar-refractivity contribution in [2.24, 2.45) is 0 Å². The number of hydrogen-bond acceptors (Lipinski definition) is 4. The van der Waals surface area contributed by atoms with E-state index in [1.54, 1.807) is 6.07 Å². The monoisotopic (exact) mass is 202 g/mol. The van der Waals surface area contributed by atoms with Crippen LogP contribution in [0.4, 0.5) is 4.79 Å². The van der Waals surface area contributed by atoms with Crippen LogP contribution in [0.25, 0.3) is 0 Å². The zero-order valence-corrected chi connectivity index (χ0v) is 7.86. The number of amides is 2. The average molecular weight is 202 g/mol. The molecule has 0 aliphatic carbocycles. The first-order chi connectivity index (χ1) is 6.11. The Morgan fingerprint density at radius 2 is 2.31 bits per heavy atom. The summed E-state index contributed by atoms with van der Waals surface area (Å²) in [6.45, 7) is 0.0766. The number of hydroxylamine groups is 4. The summed E-state index contributed by atoms with van der Waals surface area (Å²) in [5.74, 6) is 0. The molecule has 1 aromatic heterocycles. The van der Waals surface area contributed by atoms with Gasteiger partial charge < -0.3 is 0 Å². The lowest BCUT2D eigenvalue weighted by atomic mass is 10.3. The molecular weight excluding hydrogens is 192 g/mol. The Morgan fingerprint density at radius 1 is 1.62 bits per heavy atom. The van der Waals surface area contributed by atoms with Crippen LogP contribution >= 0.6 is 11.3 Å². The van der Waals surface area contributed by atoms with Crippen molar-refractivity contribution in [3.63, 3.8) is 0 Å². The third-order valence-corrected chi connectivity index (χ3v) is 2.14. The molecule has 0 saturated carbocycles. The van der Waals surface area contributed by atoms with Gasteiger partial charge in [-0.2, -0.15) is 16.4 Å². The average Bonchev–Trinajstić information content (AvgIpc) is 2.55. The van der Waals surface area contributed by atoms with Gasteiger partial charge in [-0.25, -0.2) is 9.86 Å². The van der Waals surface area contributed by atoms with Crippen molar-refractivity contribution in [3.8, 4) is 0 Å². The molecule has 72 valence electrons. The van der Waals surface area contributed by atoms with E-state index in [0.29, 0.717) is 10.1 Å². The van der Waals surface area contributed by atoms with Gasteiger partial charge in [0.1, 0.15) is 0 Å². The highest BCUT2D eigenvalue weighted by Crippen LogP contribution is 2.08. The maximum Gasteiger partial charge on any atom is 0.367 e. The fourth-order valence-corrected chi connectivity index (χ4v) is 1.45. The van der Waals surface area contributed by atoms with E-state index in [9.17, 15) is 4.79 Å². The second kappa shape index (κ2) is 4.22. The normalized spacial score (nSPS) is 9.77. The van der Waals surface area contributed by atoms with Crippen molar-refractivity contribution < 1.29 is 15.2 Å². The lowest BCUT2D eigenvalue weighted by Gasteiger charge is -2.17. The Kier molecular flexibility index (Phi) is 3.24. The summed E-state index contributed by atoms with van der Waals surface area (Å²) in [5, 5.41) is 22.3. The second-order valence-corrected chi connectivity index (χ2v) is 3.28. The molecule has 0 unspecified atom stereocenters. The highest BCUT2D eigenvalue weighted by molar-refractivity contribution is 7.07. The van der Waals surface area contributed by atoms with Gasteiger partial charge in [0.2, 0.25) is 0 Å². The molecule has 0 fully saturated rings. The van der Waals surface area contributed by atoms with E-state index in [-0.39, 0.29) is 6.54 Å². The number of urea groups is 1. The van der Waals surface area contributed by atoms with Crippen LogP contribution < -0.4 is 0 Å². The number of hydrogen-bond donors (Lipinski definition) is 2. The first-order valence-electron chi connectivity index (χ1n) is 3.55. The van der Waals surface area contributed by atoms with Gasteiger partial charge >= 0.3 is 6.03 Å². The standard InChI is InChI=1S/C7H10N2O3S/c1-8(11)7(10)9(12)4-6-2-3-13-5-6/h2-3,5,11-12H,4H2,1H3. The van der Waals surface area contributed by atoms with Gasteiger partial charge in [0.05, 0.1) is 6.54 Å². The van der Waals surface area contributed by atoms with Crippen LogP contribution in [-0.4, -0.2) is 33.6 Å². The summed E-state index contributed by atoms with van der Waals surface area (Å²) in [7, 11) is 1.15. The van der Waals surface area contributed by atoms with E-state index < -0.39 is 6.03 Å². The zero-order chi connectivity index (χ0) is 9.84. The first kappa shape index (κ1) is 9.97. The van der Waals surface area contributed by atoms with E-state index in [2.05, 4.69) is 0 Å². The van der Waals surface area contributed by atoms with Crippen molar-refractivity contribution in [2.75, 3.05) is 7.05 Å². The summed E-state index contributed by atoms with van der Waals surface area (Å²) in [5.41, 5.74) is 0.822. The Hall–Kier alpha value is -1.11. The lowest BCUT2D eigenvalue weighted by molar-refractivity contribution is -0.111. The number of rotatable bonds is 2. The van der Waals surface area contributed by atoms with Crippen LogP contribution in [-0.2, 0) is 6.54 Å². The molecule has 1 rings (SSSR count). The minimum atomic E-state index is -0.855. The Bertz CT molecular complexity index is 273. The predicted octanol–water partition coefficient (Wildman–Crippen LogP) is 1.38. The Labute approximate surface area is 79.3 Å². The van der Waals surface area contributed by atoms with Gasteiger partial charge in [0.15, 0.2) is 0 Å². The number of carbonyl (C=O) groups is 1. The Balaban J connectivity index is 2.51. The largest absolute Gasteiger partial charge is 0.367 e. The molecule has 0 radical (unpaired) electrons. The molecule has 13 heavy (non-hydrogen) atoms. The molecule has 0 aliphatic heterocycles. The van der Waals surface area contributed by atoms with Gasteiger partial charge in [-0.1, -0.05) is 0 Å². The van der Waals surface area contributed by atoms with Gasteiger partial charge in [-0.15, -0.1) is 0 Å². The van der Waals surface area contributed by atoms with Crippen molar-refractivity contribution >= 4 is 17.4 Å². The third-order valence-electron chi connectivity index (χ3n) is 1.41. The highest BCUT2D eigenvalue weighted by atomic mass is 32.1. The first-order valence-corrected chi connectivity index (χ1v) is 4.49. The smallest absolute Gasteiger partial charge is 0.285 e. The van der Waals surface area contributed by atoms with E-state index >= 15 is 0 Å². The predicted molar refractivity (Wildman–Crippen MR) is 46.6 cm³/mol. The van der Waals surface area contributed by atoms with Crippen LogP contribution in [0.15, 0.2) is 16.8 Å². The zero-order valence-electron chi connectivity index (χ0n) is 7.04.